The Morgan fingerprint density at radius 2 is 1.71 bits per heavy atom. The molecule has 2 aromatic carbocycles. The number of rotatable bonds is 6. The van der Waals surface area contributed by atoms with Crippen LogP contribution in [0.5, 0.6) is 0 Å². The molecule has 1 fully saturated rings. The van der Waals surface area contributed by atoms with E-state index >= 15 is 0 Å². The number of thioether (sulfide) groups is 1. The molecular formula is C21H23NOS. The number of allylic oxidation sites excluding steroid dienone is 1. The van der Waals surface area contributed by atoms with Gasteiger partial charge >= 0.3 is 0 Å². The first kappa shape index (κ1) is 16.8. The van der Waals surface area contributed by atoms with Crippen molar-refractivity contribution in [1.82, 2.24) is 5.32 Å². The summed E-state index contributed by atoms with van der Waals surface area (Å²) in [6.45, 7) is 2.96. The summed E-state index contributed by atoms with van der Waals surface area (Å²) >= 11 is 1.41. The van der Waals surface area contributed by atoms with Crippen LogP contribution in [0.1, 0.15) is 29.2 Å². The first-order chi connectivity index (χ1) is 11.7. The third kappa shape index (κ3) is 4.75. The molecule has 3 rings (SSSR count). The maximum Gasteiger partial charge on any atom is 0.279 e. The van der Waals surface area contributed by atoms with Crippen LogP contribution in [-0.2, 0) is 19.3 Å². The molecular weight excluding hydrogens is 314 g/mol. The highest BCUT2D eigenvalue weighted by molar-refractivity contribution is 8.14. The van der Waals surface area contributed by atoms with E-state index in [1.165, 1.54) is 34.0 Å². The second-order valence-corrected chi connectivity index (χ2v) is 7.40. The summed E-state index contributed by atoms with van der Waals surface area (Å²) < 4.78 is 0. The van der Waals surface area contributed by atoms with Gasteiger partial charge in [0, 0.05) is 11.8 Å². The van der Waals surface area contributed by atoms with Crippen LogP contribution in [0.2, 0.25) is 0 Å². The van der Waals surface area contributed by atoms with Gasteiger partial charge in [-0.05, 0) is 41.5 Å². The minimum absolute atomic E-state index is 0.103. The van der Waals surface area contributed by atoms with E-state index in [0.29, 0.717) is 5.25 Å². The van der Waals surface area contributed by atoms with E-state index in [4.69, 9.17) is 0 Å². The van der Waals surface area contributed by atoms with Crippen molar-refractivity contribution in [2.75, 3.05) is 6.54 Å². The highest BCUT2D eigenvalue weighted by Crippen LogP contribution is 2.22. The molecule has 3 heteroatoms. The summed E-state index contributed by atoms with van der Waals surface area (Å²) in [7, 11) is 0. The molecule has 1 aliphatic rings. The number of hydrogen-bond acceptors (Lipinski definition) is 2. The highest BCUT2D eigenvalue weighted by Gasteiger charge is 2.22. The Morgan fingerprint density at radius 1 is 1.04 bits per heavy atom. The number of aryl methyl sites for hydroxylation is 1. The van der Waals surface area contributed by atoms with Gasteiger partial charge in [0.2, 0.25) is 0 Å². The van der Waals surface area contributed by atoms with Crippen LogP contribution in [0.25, 0.3) is 6.08 Å². The molecule has 0 aliphatic carbocycles. The molecule has 1 aliphatic heterocycles. The summed E-state index contributed by atoms with van der Waals surface area (Å²) in [5, 5.41) is 3.33. The Balaban J connectivity index is 1.52. The predicted octanol–water partition coefficient (Wildman–Crippen LogP) is 4.87. The van der Waals surface area contributed by atoms with Crippen LogP contribution in [0.15, 0.2) is 54.6 Å². The van der Waals surface area contributed by atoms with E-state index in [1.54, 1.807) is 0 Å². The molecule has 0 aromatic heterocycles. The van der Waals surface area contributed by atoms with Crippen molar-refractivity contribution < 1.29 is 4.79 Å². The molecule has 124 valence electrons. The largest absolute Gasteiger partial charge is 0.346 e. The van der Waals surface area contributed by atoms with Crippen LogP contribution in [0.3, 0.4) is 0 Å². The lowest BCUT2D eigenvalue weighted by atomic mass is 10.0. The fourth-order valence-corrected chi connectivity index (χ4v) is 3.73. The van der Waals surface area contributed by atoms with E-state index < -0.39 is 0 Å². The third-order valence-corrected chi connectivity index (χ3v) is 5.31. The number of benzene rings is 2. The zero-order valence-corrected chi connectivity index (χ0v) is 14.8. The first-order valence-electron chi connectivity index (χ1n) is 8.50. The molecule has 1 N–H and O–H groups in total. The first-order valence-corrected chi connectivity index (χ1v) is 9.38. The third-order valence-electron chi connectivity index (χ3n) is 4.29. The lowest BCUT2D eigenvalue weighted by Gasteiger charge is -2.06. The zero-order valence-electron chi connectivity index (χ0n) is 14.0. The molecule has 0 bridgehead atoms. The van der Waals surface area contributed by atoms with Gasteiger partial charge in [0.15, 0.2) is 0 Å². The van der Waals surface area contributed by atoms with Crippen molar-refractivity contribution in [3.05, 3.63) is 76.9 Å². The smallest absolute Gasteiger partial charge is 0.279 e. The van der Waals surface area contributed by atoms with Gasteiger partial charge in [-0.1, -0.05) is 79.4 Å². The molecule has 0 saturated carbocycles. The monoisotopic (exact) mass is 337 g/mol. The molecule has 1 amide bonds. The number of amides is 1. The Kier molecular flexibility index (Phi) is 5.76. The Morgan fingerprint density at radius 3 is 2.33 bits per heavy atom. The van der Waals surface area contributed by atoms with Gasteiger partial charge in [-0.25, -0.2) is 0 Å². The summed E-state index contributed by atoms with van der Waals surface area (Å²) in [6.07, 6.45) is 7.37. The number of nitrogens with one attached hydrogen (secondary N) is 1. The second kappa shape index (κ2) is 8.20. The van der Waals surface area contributed by atoms with Gasteiger partial charge in [-0.2, -0.15) is 0 Å². The SMILES string of the molecule is CCc1ccc(C/C=C/c2ccc(CC3CNC(=O)S3)cc2)cc1. The normalized spacial score (nSPS) is 17.4. The molecule has 1 unspecified atom stereocenters. The molecule has 2 nitrogen and oxygen atoms in total. The van der Waals surface area contributed by atoms with Crippen molar-refractivity contribution in [2.24, 2.45) is 0 Å². The predicted molar refractivity (Wildman–Crippen MR) is 103 cm³/mol. The van der Waals surface area contributed by atoms with Crippen molar-refractivity contribution in [1.29, 1.82) is 0 Å². The molecule has 1 saturated heterocycles. The van der Waals surface area contributed by atoms with Crippen LogP contribution in [0, 0.1) is 0 Å². The minimum atomic E-state index is 0.103. The summed E-state index contributed by atoms with van der Waals surface area (Å²) in [4.78, 5) is 11.2. The number of carbonyl (C=O) groups is 1. The lowest BCUT2D eigenvalue weighted by Crippen LogP contribution is -2.16. The van der Waals surface area contributed by atoms with Crippen molar-refractivity contribution in [2.45, 2.75) is 31.4 Å². The molecule has 1 atom stereocenters. The quantitative estimate of drug-likeness (QED) is 0.814. The van der Waals surface area contributed by atoms with Crippen molar-refractivity contribution in [3.8, 4) is 0 Å². The fraction of sp³-hybridized carbons (Fsp3) is 0.286. The topological polar surface area (TPSA) is 29.1 Å². The standard InChI is InChI=1S/C21H23NOS/c1-2-16-6-8-17(9-7-16)4-3-5-18-10-12-19(13-11-18)14-20-15-22-21(23)24-20/h3,5-13,20H,2,4,14-15H2,1H3,(H,22,23)/b5-3+. The van der Waals surface area contributed by atoms with Crippen molar-refractivity contribution in [3.63, 3.8) is 0 Å². The van der Waals surface area contributed by atoms with E-state index in [2.05, 4.69) is 72.9 Å². The van der Waals surface area contributed by atoms with Gasteiger partial charge < -0.3 is 5.32 Å². The van der Waals surface area contributed by atoms with E-state index in [-0.39, 0.29) is 5.24 Å². The average molecular weight is 337 g/mol. The molecule has 24 heavy (non-hydrogen) atoms. The zero-order chi connectivity index (χ0) is 16.8. The van der Waals surface area contributed by atoms with Gasteiger partial charge in [0.25, 0.3) is 5.24 Å². The van der Waals surface area contributed by atoms with Crippen LogP contribution < -0.4 is 5.32 Å². The molecule has 0 radical (unpaired) electrons. The highest BCUT2D eigenvalue weighted by atomic mass is 32.2. The van der Waals surface area contributed by atoms with E-state index in [9.17, 15) is 4.79 Å². The van der Waals surface area contributed by atoms with Crippen LogP contribution in [-0.4, -0.2) is 17.0 Å². The lowest BCUT2D eigenvalue weighted by molar-refractivity contribution is 0.262. The maximum atomic E-state index is 11.2. The molecule has 2 aromatic rings. The summed E-state index contributed by atoms with van der Waals surface area (Å²) in [5.74, 6) is 0. The minimum Gasteiger partial charge on any atom is -0.346 e. The average Bonchev–Trinajstić information content (AvgIpc) is 3.02. The van der Waals surface area contributed by atoms with Gasteiger partial charge in [-0.15, -0.1) is 0 Å². The Bertz CT molecular complexity index is 704. The number of hydrogen-bond donors (Lipinski definition) is 1. The molecule has 0 spiro atoms. The Labute approximate surface area is 148 Å². The number of carbonyl (C=O) groups excluding carboxylic acids is 1. The van der Waals surface area contributed by atoms with E-state index in [0.717, 1.165) is 25.8 Å². The second-order valence-electron chi connectivity index (χ2n) is 6.13. The molecule has 1 heterocycles. The van der Waals surface area contributed by atoms with Crippen LogP contribution >= 0.6 is 11.8 Å². The van der Waals surface area contributed by atoms with E-state index in [1.807, 2.05) is 0 Å². The summed E-state index contributed by atoms with van der Waals surface area (Å²) in [6, 6.07) is 17.5. The maximum absolute atomic E-state index is 11.2. The van der Waals surface area contributed by atoms with Crippen molar-refractivity contribution >= 4 is 23.1 Å². The fourth-order valence-electron chi connectivity index (χ4n) is 2.82. The Hall–Kier alpha value is -2.00. The summed E-state index contributed by atoms with van der Waals surface area (Å²) in [5.41, 5.74) is 5.24. The van der Waals surface area contributed by atoms with Crippen LogP contribution in [0.4, 0.5) is 4.79 Å². The van der Waals surface area contributed by atoms with Gasteiger partial charge in [-0.3, -0.25) is 4.79 Å². The van der Waals surface area contributed by atoms with Gasteiger partial charge in [0.05, 0.1) is 0 Å². The van der Waals surface area contributed by atoms with Gasteiger partial charge in [0.1, 0.15) is 0 Å².